The topological polar surface area (TPSA) is 64.3 Å². The van der Waals surface area contributed by atoms with Gasteiger partial charge in [-0.25, -0.2) is 10.2 Å². The molecule has 5 heteroatoms. The lowest BCUT2D eigenvalue weighted by atomic mass is 9.87. The van der Waals surface area contributed by atoms with Gasteiger partial charge in [-0.15, -0.1) is 0 Å². The van der Waals surface area contributed by atoms with Crippen molar-refractivity contribution in [1.82, 2.24) is 5.43 Å². The zero-order valence-corrected chi connectivity index (χ0v) is 10.1. The molecule has 0 radical (unpaired) electrons. The number of benzene rings is 1. The molecule has 0 unspecified atom stereocenters. The second kappa shape index (κ2) is 5.82. The number of amides is 1. The second-order valence-electron chi connectivity index (χ2n) is 4.55. The van der Waals surface area contributed by atoms with Crippen LogP contribution in [0.25, 0.3) is 0 Å². The van der Waals surface area contributed by atoms with Crippen LogP contribution in [0.2, 0.25) is 0 Å². The van der Waals surface area contributed by atoms with Gasteiger partial charge in [-0.2, -0.15) is 0 Å². The largest absolute Gasteiger partial charge is 0.490 e. The van der Waals surface area contributed by atoms with E-state index in [2.05, 4.69) is 5.43 Å². The van der Waals surface area contributed by atoms with Crippen LogP contribution in [0, 0.1) is 11.7 Å². The molecule has 0 aliphatic heterocycles. The van der Waals surface area contributed by atoms with E-state index in [9.17, 15) is 9.18 Å². The molecule has 0 saturated heterocycles. The number of nitrogens with one attached hydrogen (secondary N) is 1. The van der Waals surface area contributed by atoms with Crippen molar-refractivity contribution in [2.45, 2.75) is 31.8 Å². The second-order valence-corrected chi connectivity index (χ2v) is 4.55. The molecule has 1 amide bonds. The normalized spacial score (nSPS) is 23.4. The molecule has 2 rings (SSSR count). The van der Waals surface area contributed by atoms with Crippen molar-refractivity contribution in [1.29, 1.82) is 0 Å². The summed E-state index contributed by atoms with van der Waals surface area (Å²) in [6.07, 6.45) is 3.27. The molecule has 0 aromatic heterocycles. The van der Waals surface area contributed by atoms with Crippen molar-refractivity contribution in [3.05, 3.63) is 30.1 Å². The van der Waals surface area contributed by atoms with Gasteiger partial charge in [0.05, 0.1) is 6.10 Å². The van der Waals surface area contributed by atoms with E-state index in [1.807, 2.05) is 0 Å². The van der Waals surface area contributed by atoms with E-state index in [-0.39, 0.29) is 23.7 Å². The summed E-state index contributed by atoms with van der Waals surface area (Å²) in [4.78, 5) is 11.4. The molecule has 4 nitrogen and oxygen atoms in total. The van der Waals surface area contributed by atoms with Gasteiger partial charge in [0.1, 0.15) is 11.6 Å². The average Bonchev–Trinajstić information content (AvgIpc) is 2.41. The number of carbonyl (C=O) groups excluding carboxylic acids is 1. The molecule has 98 valence electrons. The predicted molar refractivity (Wildman–Crippen MR) is 65.1 cm³/mol. The van der Waals surface area contributed by atoms with Gasteiger partial charge >= 0.3 is 0 Å². The highest BCUT2D eigenvalue weighted by Gasteiger charge is 2.26. The number of halogens is 1. The van der Waals surface area contributed by atoms with Crippen LogP contribution < -0.4 is 16.0 Å². The number of carbonyl (C=O) groups is 1. The van der Waals surface area contributed by atoms with E-state index in [1.54, 1.807) is 12.1 Å². The monoisotopic (exact) mass is 252 g/mol. The lowest BCUT2D eigenvalue weighted by molar-refractivity contribution is -0.126. The van der Waals surface area contributed by atoms with E-state index < -0.39 is 0 Å². The first-order valence-corrected chi connectivity index (χ1v) is 6.11. The van der Waals surface area contributed by atoms with Gasteiger partial charge < -0.3 is 4.74 Å². The molecule has 1 aliphatic rings. The third-order valence-electron chi connectivity index (χ3n) is 3.30. The number of nitrogens with two attached hydrogens (primary N) is 1. The van der Waals surface area contributed by atoms with Gasteiger partial charge in [-0.3, -0.25) is 10.2 Å². The summed E-state index contributed by atoms with van der Waals surface area (Å²) in [6, 6.07) is 5.99. The molecule has 1 aliphatic carbocycles. The van der Waals surface area contributed by atoms with Gasteiger partial charge in [0.2, 0.25) is 5.91 Å². The van der Waals surface area contributed by atoms with Crippen LogP contribution in [0.1, 0.15) is 25.7 Å². The number of hydrogen-bond acceptors (Lipinski definition) is 3. The lowest BCUT2D eigenvalue weighted by Crippen LogP contribution is -2.38. The first-order valence-electron chi connectivity index (χ1n) is 6.11. The van der Waals surface area contributed by atoms with Gasteiger partial charge in [-0.05, 0) is 49.9 Å². The van der Waals surface area contributed by atoms with Crippen molar-refractivity contribution in [2.75, 3.05) is 0 Å². The summed E-state index contributed by atoms with van der Waals surface area (Å²) in [5, 5.41) is 0. The maximum absolute atomic E-state index is 12.7. The average molecular weight is 252 g/mol. The molecule has 1 saturated carbocycles. The fourth-order valence-corrected chi connectivity index (χ4v) is 2.27. The van der Waals surface area contributed by atoms with Gasteiger partial charge in [0.15, 0.2) is 0 Å². The summed E-state index contributed by atoms with van der Waals surface area (Å²) in [6.45, 7) is 0. The minimum absolute atomic E-state index is 0.0110. The van der Waals surface area contributed by atoms with E-state index in [0.29, 0.717) is 5.75 Å². The third-order valence-corrected chi connectivity index (χ3v) is 3.30. The molecular weight excluding hydrogens is 235 g/mol. The first-order chi connectivity index (χ1) is 8.69. The quantitative estimate of drug-likeness (QED) is 0.489. The molecule has 0 atom stereocenters. The van der Waals surface area contributed by atoms with Gasteiger partial charge in [-0.1, -0.05) is 0 Å². The van der Waals surface area contributed by atoms with Crippen LogP contribution in [-0.4, -0.2) is 12.0 Å². The van der Waals surface area contributed by atoms with Crippen LogP contribution in [-0.2, 0) is 4.79 Å². The zero-order valence-electron chi connectivity index (χ0n) is 10.1. The Labute approximate surface area is 105 Å². The summed E-state index contributed by atoms with van der Waals surface area (Å²) in [5.41, 5.74) is 2.18. The fourth-order valence-electron chi connectivity index (χ4n) is 2.27. The van der Waals surface area contributed by atoms with E-state index in [4.69, 9.17) is 10.6 Å². The molecule has 1 fully saturated rings. The van der Waals surface area contributed by atoms with Gasteiger partial charge in [0, 0.05) is 5.92 Å². The highest BCUT2D eigenvalue weighted by atomic mass is 19.1. The number of rotatable bonds is 3. The summed E-state index contributed by atoms with van der Waals surface area (Å²) in [5.74, 6) is 5.39. The molecule has 1 aromatic rings. The highest BCUT2D eigenvalue weighted by molar-refractivity contribution is 5.77. The maximum atomic E-state index is 12.7. The Morgan fingerprint density at radius 1 is 1.22 bits per heavy atom. The number of ether oxygens (including phenoxy) is 1. The molecule has 0 spiro atoms. The molecule has 1 aromatic carbocycles. The summed E-state index contributed by atoms with van der Waals surface area (Å²) < 4.78 is 18.5. The Morgan fingerprint density at radius 2 is 1.83 bits per heavy atom. The Morgan fingerprint density at radius 3 is 2.39 bits per heavy atom. The van der Waals surface area contributed by atoms with E-state index in [1.165, 1.54) is 12.1 Å². The minimum atomic E-state index is -0.273. The summed E-state index contributed by atoms with van der Waals surface area (Å²) >= 11 is 0. The van der Waals surface area contributed by atoms with Crippen LogP contribution in [0.5, 0.6) is 5.75 Å². The Balaban J connectivity index is 1.83. The van der Waals surface area contributed by atoms with Crippen molar-refractivity contribution in [3.63, 3.8) is 0 Å². The molecule has 0 heterocycles. The molecule has 3 N–H and O–H groups in total. The van der Waals surface area contributed by atoms with E-state index >= 15 is 0 Å². The molecule has 0 bridgehead atoms. The lowest BCUT2D eigenvalue weighted by Gasteiger charge is -2.27. The zero-order chi connectivity index (χ0) is 13.0. The van der Waals surface area contributed by atoms with Crippen LogP contribution in [0.15, 0.2) is 24.3 Å². The van der Waals surface area contributed by atoms with Crippen LogP contribution >= 0.6 is 0 Å². The number of hydrazine groups is 1. The minimum Gasteiger partial charge on any atom is -0.490 e. The predicted octanol–water partition coefficient (Wildman–Crippen LogP) is 1.75. The standard InChI is InChI=1S/C13H17FN2O2/c14-10-3-7-12(8-4-10)18-11-5-1-9(2-6-11)13(17)16-15/h3-4,7-9,11H,1-2,5-6,15H2,(H,16,17). The molecule has 18 heavy (non-hydrogen) atoms. The Kier molecular flexibility index (Phi) is 4.15. The fraction of sp³-hybridized carbons (Fsp3) is 0.462. The van der Waals surface area contributed by atoms with E-state index in [0.717, 1.165) is 25.7 Å². The summed E-state index contributed by atoms with van der Waals surface area (Å²) in [7, 11) is 0. The Hall–Kier alpha value is -1.62. The smallest absolute Gasteiger partial charge is 0.236 e. The SMILES string of the molecule is NNC(=O)C1CCC(Oc2ccc(F)cc2)CC1. The van der Waals surface area contributed by atoms with Gasteiger partial charge in [0.25, 0.3) is 0 Å². The third kappa shape index (κ3) is 3.20. The van der Waals surface area contributed by atoms with Crippen molar-refractivity contribution >= 4 is 5.91 Å². The highest BCUT2D eigenvalue weighted by Crippen LogP contribution is 2.27. The number of hydrogen-bond donors (Lipinski definition) is 2. The Bertz CT molecular complexity index is 400. The van der Waals surface area contributed by atoms with Crippen molar-refractivity contribution in [2.24, 2.45) is 11.8 Å². The van der Waals surface area contributed by atoms with Crippen molar-refractivity contribution < 1.29 is 13.9 Å². The maximum Gasteiger partial charge on any atom is 0.236 e. The van der Waals surface area contributed by atoms with Crippen molar-refractivity contribution in [3.8, 4) is 5.75 Å². The van der Waals surface area contributed by atoms with Crippen LogP contribution in [0.3, 0.4) is 0 Å². The first kappa shape index (κ1) is 12.8. The van der Waals surface area contributed by atoms with Crippen LogP contribution in [0.4, 0.5) is 4.39 Å². The molecular formula is C13H17FN2O2.